The number of hydrogen-bond donors (Lipinski definition) is 0. The number of carbonyl (C=O) groups excluding carboxylic acids is 1. The van der Waals surface area contributed by atoms with E-state index < -0.39 is 21.9 Å². The Morgan fingerprint density at radius 3 is 2.38 bits per heavy atom. The molecule has 0 saturated carbocycles. The average molecular weight is 312 g/mol. The summed E-state index contributed by atoms with van der Waals surface area (Å²) in [7, 11) is -3.81. The molecule has 1 heterocycles. The second-order valence-corrected chi connectivity index (χ2v) is 7.73. The molecule has 0 bridgehead atoms. The Morgan fingerprint density at radius 1 is 1.19 bits per heavy atom. The topological polar surface area (TPSA) is 66.9 Å². The Morgan fingerprint density at radius 2 is 1.81 bits per heavy atom. The summed E-state index contributed by atoms with van der Waals surface area (Å²) < 4.78 is 32.0. The van der Waals surface area contributed by atoms with Gasteiger partial charge in [0, 0.05) is 13.1 Å². The minimum absolute atomic E-state index is 0.115. The summed E-state index contributed by atoms with van der Waals surface area (Å²) in [5.41, 5.74) is 0.159. The molecule has 21 heavy (non-hydrogen) atoms. The van der Waals surface area contributed by atoms with E-state index in [-0.39, 0.29) is 19.6 Å². The van der Waals surface area contributed by atoms with Gasteiger partial charge in [0.25, 0.3) is 0 Å². The molecule has 1 fully saturated rings. The molecule has 0 spiro atoms. The molecule has 1 aromatic carbocycles. The van der Waals surface area contributed by atoms with Crippen LogP contribution in [0.25, 0.3) is 0 Å². The molecule has 1 aliphatic heterocycles. The highest BCUT2D eigenvalue weighted by molar-refractivity contribution is 7.87. The van der Waals surface area contributed by atoms with Crippen LogP contribution in [0.4, 0.5) is 4.79 Å². The van der Waals surface area contributed by atoms with Gasteiger partial charge in [-0.2, -0.15) is 17.0 Å². The van der Waals surface area contributed by atoms with Gasteiger partial charge < -0.3 is 4.74 Å². The summed E-state index contributed by atoms with van der Waals surface area (Å²) in [5, 5.41) is 0. The molecule has 1 aromatic rings. The highest BCUT2D eigenvalue weighted by Gasteiger charge is 2.41. The molecule has 6 nitrogen and oxygen atoms in total. The van der Waals surface area contributed by atoms with E-state index in [0.717, 1.165) is 9.87 Å². The summed E-state index contributed by atoms with van der Waals surface area (Å²) in [5.74, 6) is 0. The summed E-state index contributed by atoms with van der Waals surface area (Å²) in [4.78, 5) is 12.0. The maximum Gasteiger partial charge on any atom is 0.425 e. The van der Waals surface area contributed by atoms with Crippen molar-refractivity contribution in [2.75, 3.05) is 13.1 Å². The third kappa shape index (κ3) is 3.74. The van der Waals surface area contributed by atoms with Gasteiger partial charge in [-0.25, -0.2) is 4.79 Å². The Kier molecular flexibility index (Phi) is 4.25. The number of carbonyl (C=O) groups is 1. The van der Waals surface area contributed by atoms with Crippen LogP contribution >= 0.6 is 0 Å². The van der Waals surface area contributed by atoms with Gasteiger partial charge in [-0.15, -0.1) is 0 Å². The van der Waals surface area contributed by atoms with Crippen LogP contribution in [0.2, 0.25) is 0 Å². The first kappa shape index (κ1) is 15.8. The van der Waals surface area contributed by atoms with Crippen molar-refractivity contribution in [3.63, 3.8) is 0 Å². The summed E-state index contributed by atoms with van der Waals surface area (Å²) >= 11 is 0. The van der Waals surface area contributed by atoms with Crippen LogP contribution < -0.4 is 0 Å². The van der Waals surface area contributed by atoms with E-state index in [0.29, 0.717) is 0 Å². The van der Waals surface area contributed by atoms with Gasteiger partial charge in [0.2, 0.25) is 0 Å². The Labute approximate surface area is 125 Å². The zero-order valence-corrected chi connectivity index (χ0v) is 13.3. The molecule has 1 aliphatic rings. The van der Waals surface area contributed by atoms with Crippen molar-refractivity contribution in [2.24, 2.45) is 0 Å². The minimum atomic E-state index is -3.81. The van der Waals surface area contributed by atoms with Crippen LogP contribution in [0, 0.1) is 0 Å². The highest BCUT2D eigenvalue weighted by Crippen LogP contribution is 2.22. The molecule has 0 N–H and O–H groups in total. The molecule has 0 aliphatic carbocycles. The minimum Gasteiger partial charge on any atom is -0.443 e. The van der Waals surface area contributed by atoms with Crippen molar-refractivity contribution in [3.8, 4) is 0 Å². The van der Waals surface area contributed by atoms with Crippen LogP contribution in [0.5, 0.6) is 0 Å². The smallest absolute Gasteiger partial charge is 0.425 e. The van der Waals surface area contributed by atoms with Crippen molar-refractivity contribution in [1.82, 2.24) is 8.61 Å². The number of benzene rings is 1. The largest absolute Gasteiger partial charge is 0.443 e. The lowest BCUT2D eigenvalue weighted by atomic mass is 10.2. The van der Waals surface area contributed by atoms with E-state index >= 15 is 0 Å². The van der Waals surface area contributed by atoms with Crippen LogP contribution in [0.15, 0.2) is 30.3 Å². The molecule has 0 unspecified atom stereocenters. The van der Waals surface area contributed by atoms with Gasteiger partial charge in [0.15, 0.2) is 0 Å². The zero-order valence-electron chi connectivity index (χ0n) is 12.4. The van der Waals surface area contributed by atoms with Gasteiger partial charge in [-0.3, -0.25) is 0 Å². The van der Waals surface area contributed by atoms with E-state index in [1.165, 1.54) is 4.31 Å². The monoisotopic (exact) mass is 312 g/mol. The Balaban J connectivity index is 2.11. The summed E-state index contributed by atoms with van der Waals surface area (Å²) in [6.07, 6.45) is -0.821. The van der Waals surface area contributed by atoms with Crippen molar-refractivity contribution in [1.29, 1.82) is 0 Å². The third-order valence-corrected chi connectivity index (χ3v) is 4.81. The van der Waals surface area contributed by atoms with E-state index in [1.807, 2.05) is 30.3 Å². The van der Waals surface area contributed by atoms with E-state index in [4.69, 9.17) is 4.74 Å². The first-order valence-electron chi connectivity index (χ1n) is 6.75. The molecule has 7 heteroatoms. The van der Waals surface area contributed by atoms with Crippen molar-refractivity contribution in [2.45, 2.75) is 32.9 Å². The molecule has 0 radical (unpaired) electrons. The second-order valence-electron chi connectivity index (χ2n) is 5.88. The molecule has 1 amide bonds. The fourth-order valence-corrected chi connectivity index (χ4v) is 3.46. The molecule has 0 aromatic heterocycles. The lowest BCUT2D eigenvalue weighted by molar-refractivity contribution is 0.0405. The normalized spacial score (nSPS) is 18.7. The quantitative estimate of drug-likeness (QED) is 0.837. The summed E-state index contributed by atoms with van der Waals surface area (Å²) in [6.45, 7) is 5.75. The third-order valence-electron chi connectivity index (χ3n) is 2.96. The van der Waals surface area contributed by atoms with Gasteiger partial charge in [-0.1, -0.05) is 30.3 Å². The van der Waals surface area contributed by atoms with Crippen LogP contribution in [-0.4, -0.2) is 41.8 Å². The van der Waals surface area contributed by atoms with Crippen LogP contribution in [0.1, 0.15) is 26.3 Å². The number of nitrogens with zero attached hydrogens (tertiary/aromatic N) is 2. The molecular formula is C14H20N2O4S. The van der Waals surface area contributed by atoms with E-state index in [2.05, 4.69) is 0 Å². The van der Waals surface area contributed by atoms with Crippen molar-refractivity contribution in [3.05, 3.63) is 35.9 Å². The fourth-order valence-electron chi connectivity index (χ4n) is 2.02. The average Bonchev–Trinajstić information content (AvgIpc) is 2.64. The van der Waals surface area contributed by atoms with E-state index in [1.54, 1.807) is 20.8 Å². The predicted octanol–water partition coefficient (Wildman–Crippen LogP) is 1.98. The maximum atomic E-state index is 12.4. The van der Waals surface area contributed by atoms with Gasteiger partial charge in [0.05, 0.1) is 6.54 Å². The van der Waals surface area contributed by atoms with E-state index in [9.17, 15) is 13.2 Å². The summed E-state index contributed by atoms with van der Waals surface area (Å²) in [6, 6.07) is 9.28. The molecule has 2 rings (SSSR count). The standard InChI is InChI=1S/C14H20N2O4S/c1-14(2,3)20-13(17)16-10-9-15(21(16,18)19)11-12-7-5-4-6-8-12/h4-8H,9-11H2,1-3H3. The first-order chi connectivity index (χ1) is 9.70. The lowest BCUT2D eigenvalue weighted by Crippen LogP contribution is -2.40. The second kappa shape index (κ2) is 5.65. The number of hydrogen-bond acceptors (Lipinski definition) is 4. The first-order valence-corrected chi connectivity index (χ1v) is 8.14. The Bertz CT molecular complexity index is 608. The molecule has 116 valence electrons. The lowest BCUT2D eigenvalue weighted by Gasteiger charge is -2.24. The van der Waals surface area contributed by atoms with Crippen LogP contribution in [0.3, 0.4) is 0 Å². The fraction of sp³-hybridized carbons (Fsp3) is 0.500. The van der Waals surface area contributed by atoms with Gasteiger partial charge >= 0.3 is 16.3 Å². The molecular weight excluding hydrogens is 292 g/mol. The SMILES string of the molecule is CC(C)(C)OC(=O)N1CCN(Cc2ccccc2)S1(=O)=O. The number of amides is 1. The number of rotatable bonds is 2. The van der Waals surface area contributed by atoms with Gasteiger partial charge in [-0.05, 0) is 26.3 Å². The molecule has 1 saturated heterocycles. The Hall–Kier alpha value is -1.60. The number of ether oxygens (including phenoxy) is 1. The maximum absolute atomic E-state index is 12.4. The predicted molar refractivity (Wildman–Crippen MR) is 78.7 cm³/mol. The zero-order chi connectivity index (χ0) is 15.7. The van der Waals surface area contributed by atoms with Crippen molar-refractivity contribution < 1.29 is 17.9 Å². The molecule has 0 atom stereocenters. The highest BCUT2D eigenvalue weighted by atomic mass is 32.2. The van der Waals surface area contributed by atoms with Gasteiger partial charge in [0.1, 0.15) is 5.60 Å². The van der Waals surface area contributed by atoms with Crippen molar-refractivity contribution >= 4 is 16.3 Å². The van der Waals surface area contributed by atoms with Crippen LogP contribution in [-0.2, 0) is 21.5 Å².